The second kappa shape index (κ2) is 10.5. The molecule has 10 heteroatoms. The fraction of sp³-hybridized carbons (Fsp3) is 0.385. The Labute approximate surface area is 220 Å². The number of hydrogen-bond acceptors (Lipinski definition) is 5. The van der Waals surface area contributed by atoms with Crippen LogP contribution in [0.1, 0.15) is 55.1 Å². The Bertz CT molecular complexity index is 1370. The van der Waals surface area contributed by atoms with Gasteiger partial charge in [-0.05, 0) is 49.9 Å². The standard InChI is InChI=1S/C26H30ClN3O4S2/c1-3-26(13-15-30(26)24(31)22-17-35-23-8-5-4-7-21(22)23)25(32)29(14-6-16-36(28,33)34)18(2)19-9-11-20(27)12-10-19/h4-5,7-12,17-18H,3,6,13-16H2,1-2H3,(H2,28,33,34)/t18-,26-/m0/s1. The van der Waals surface area contributed by atoms with Crippen LogP contribution in [0.4, 0.5) is 0 Å². The minimum absolute atomic E-state index is 0.155. The quantitative estimate of drug-likeness (QED) is 0.415. The molecule has 0 unspecified atom stereocenters. The molecule has 1 saturated heterocycles. The van der Waals surface area contributed by atoms with Crippen LogP contribution in [0.3, 0.4) is 0 Å². The predicted molar refractivity (Wildman–Crippen MR) is 145 cm³/mol. The van der Waals surface area contributed by atoms with Crippen LogP contribution in [0.5, 0.6) is 0 Å². The van der Waals surface area contributed by atoms with Gasteiger partial charge >= 0.3 is 0 Å². The first-order valence-corrected chi connectivity index (χ1v) is 14.9. The molecule has 0 spiro atoms. The molecule has 192 valence electrons. The number of primary sulfonamides is 1. The lowest BCUT2D eigenvalue weighted by Gasteiger charge is -2.53. The number of benzene rings is 2. The topological polar surface area (TPSA) is 101 Å². The number of thiophene rings is 1. The summed E-state index contributed by atoms with van der Waals surface area (Å²) in [6.07, 6.45) is 1.21. The molecule has 0 aliphatic carbocycles. The highest BCUT2D eigenvalue weighted by molar-refractivity contribution is 7.89. The Morgan fingerprint density at radius 1 is 1.19 bits per heavy atom. The van der Waals surface area contributed by atoms with Gasteiger partial charge in [-0.15, -0.1) is 11.3 Å². The van der Waals surface area contributed by atoms with E-state index < -0.39 is 15.6 Å². The fourth-order valence-electron chi connectivity index (χ4n) is 4.92. The summed E-state index contributed by atoms with van der Waals surface area (Å²) in [5, 5.41) is 8.54. The molecule has 2 N–H and O–H groups in total. The molecule has 1 aliphatic heterocycles. The highest BCUT2D eigenvalue weighted by atomic mass is 35.5. The van der Waals surface area contributed by atoms with Crippen LogP contribution in [0, 0.1) is 0 Å². The van der Waals surface area contributed by atoms with Crippen LogP contribution in [-0.4, -0.2) is 54.4 Å². The smallest absolute Gasteiger partial charge is 0.256 e. The zero-order chi connectivity index (χ0) is 26.1. The Balaban J connectivity index is 1.65. The van der Waals surface area contributed by atoms with Crippen LogP contribution in [0.15, 0.2) is 53.9 Å². The van der Waals surface area contributed by atoms with Crippen LogP contribution >= 0.6 is 22.9 Å². The van der Waals surface area contributed by atoms with E-state index in [4.69, 9.17) is 16.7 Å². The summed E-state index contributed by atoms with van der Waals surface area (Å²) in [7, 11) is -3.67. The maximum absolute atomic E-state index is 14.2. The van der Waals surface area contributed by atoms with Gasteiger partial charge in [-0.25, -0.2) is 13.6 Å². The van der Waals surface area contributed by atoms with Crippen molar-refractivity contribution >= 4 is 54.9 Å². The van der Waals surface area contributed by atoms with Gasteiger partial charge in [0.15, 0.2) is 0 Å². The molecule has 2 atom stereocenters. The van der Waals surface area contributed by atoms with Crippen LogP contribution in [-0.2, 0) is 14.8 Å². The number of nitrogens with zero attached hydrogens (tertiary/aromatic N) is 2. The molecule has 7 nitrogen and oxygen atoms in total. The first kappa shape index (κ1) is 26.6. The first-order valence-electron chi connectivity index (χ1n) is 11.9. The maximum Gasteiger partial charge on any atom is 0.256 e. The highest BCUT2D eigenvalue weighted by Gasteiger charge is 2.54. The second-order valence-electron chi connectivity index (χ2n) is 9.18. The summed E-state index contributed by atoms with van der Waals surface area (Å²) in [5.41, 5.74) is 0.491. The fourth-order valence-corrected chi connectivity index (χ4v) is 6.51. The molecule has 2 heterocycles. The number of fused-ring (bicyclic) bond motifs is 1. The largest absolute Gasteiger partial charge is 0.334 e. The molecule has 2 amide bonds. The van der Waals surface area contributed by atoms with E-state index in [0.29, 0.717) is 30.0 Å². The van der Waals surface area contributed by atoms with E-state index in [1.165, 1.54) is 11.3 Å². The molecule has 1 fully saturated rings. The third-order valence-corrected chi connectivity index (χ3v) is 9.19. The van der Waals surface area contributed by atoms with Crippen LogP contribution in [0.25, 0.3) is 10.1 Å². The second-order valence-corrected chi connectivity index (χ2v) is 12.3. The zero-order valence-electron chi connectivity index (χ0n) is 20.3. The SMILES string of the molecule is CC[C@@]1(C(=O)N(CCCS(N)(=O)=O)[C@@H](C)c2ccc(Cl)cc2)CCN1C(=O)c1csc2ccccc12. The number of amides is 2. The molecule has 0 saturated carbocycles. The Morgan fingerprint density at radius 2 is 1.89 bits per heavy atom. The molecule has 0 radical (unpaired) electrons. The lowest BCUT2D eigenvalue weighted by Crippen LogP contribution is -2.69. The number of carbonyl (C=O) groups is 2. The van der Waals surface area contributed by atoms with Crippen molar-refractivity contribution < 1.29 is 18.0 Å². The van der Waals surface area contributed by atoms with Crippen molar-refractivity contribution in [3.63, 3.8) is 0 Å². The lowest BCUT2D eigenvalue weighted by atomic mass is 9.79. The summed E-state index contributed by atoms with van der Waals surface area (Å²) in [4.78, 5) is 31.2. The van der Waals surface area contributed by atoms with E-state index in [1.54, 1.807) is 21.9 Å². The van der Waals surface area contributed by atoms with E-state index in [0.717, 1.165) is 15.6 Å². The van der Waals surface area contributed by atoms with Gasteiger partial charge < -0.3 is 9.80 Å². The van der Waals surface area contributed by atoms with Crippen molar-refractivity contribution in [2.75, 3.05) is 18.8 Å². The van der Waals surface area contributed by atoms with Crippen molar-refractivity contribution in [2.24, 2.45) is 5.14 Å². The third-order valence-electron chi connectivity index (χ3n) is 7.11. The molecule has 2 aromatic carbocycles. The Hall–Kier alpha value is -2.46. The summed E-state index contributed by atoms with van der Waals surface area (Å²) in [6, 6.07) is 14.6. The minimum Gasteiger partial charge on any atom is -0.334 e. The van der Waals surface area contributed by atoms with E-state index in [-0.39, 0.29) is 36.6 Å². The lowest BCUT2D eigenvalue weighted by molar-refractivity contribution is -0.153. The van der Waals surface area contributed by atoms with Crippen molar-refractivity contribution in [2.45, 2.75) is 44.7 Å². The van der Waals surface area contributed by atoms with Gasteiger partial charge in [-0.1, -0.05) is 48.9 Å². The molecule has 0 bridgehead atoms. The maximum atomic E-state index is 14.2. The van der Waals surface area contributed by atoms with Gasteiger partial charge in [0, 0.05) is 33.6 Å². The average molecular weight is 548 g/mol. The molecule has 3 aromatic rings. The van der Waals surface area contributed by atoms with Gasteiger partial charge in [-0.3, -0.25) is 9.59 Å². The van der Waals surface area contributed by atoms with Crippen LogP contribution < -0.4 is 5.14 Å². The number of halogens is 1. The highest BCUT2D eigenvalue weighted by Crippen LogP contribution is 2.40. The van der Waals surface area contributed by atoms with Crippen molar-refractivity contribution in [3.8, 4) is 0 Å². The first-order chi connectivity index (χ1) is 17.1. The van der Waals surface area contributed by atoms with Gasteiger partial charge in [0.25, 0.3) is 5.91 Å². The number of likely N-dealkylation sites (tertiary alicyclic amines) is 1. The van der Waals surface area contributed by atoms with Crippen molar-refractivity contribution in [1.29, 1.82) is 0 Å². The van der Waals surface area contributed by atoms with E-state index in [1.807, 2.05) is 55.6 Å². The average Bonchev–Trinajstić information content (AvgIpc) is 3.25. The zero-order valence-corrected chi connectivity index (χ0v) is 22.7. The molecule has 4 rings (SSSR count). The van der Waals surface area contributed by atoms with E-state index in [2.05, 4.69) is 0 Å². The van der Waals surface area contributed by atoms with Crippen LogP contribution in [0.2, 0.25) is 5.02 Å². The number of hydrogen-bond donors (Lipinski definition) is 1. The monoisotopic (exact) mass is 547 g/mol. The minimum atomic E-state index is -3.67. The van der Waals surface area contributed by atoms with Gasteiger partial charge in [0.05, 0.1) is 17.4 Å². The summed E-state index contributed by atoms with van der Waals surface area (Å²) in [6.45, 7) is 4.50. The molecule has 1 aliphatic rings. The Morgan fingerprint density at radius 3 is 2.50 bits per heavy atom. The summed E-state index contributed by atoms with van der Waals surface area (Å²) < 4.78 is 24.2. The normalized spacial score (nSPS) is 18.6. The predicted octanol–water partition coefficient (Wildman–Crippen LogP) is 4.82. The Kier molecular flexibility index (Phi) is 7.75. The summed E-state index contributed by atoms with van der Waals surface area (Å²) in [5.74, 6) is -0.564. The number of nitrogens with two attached hydrogens (primary N) is 1. The number of carbonyl (C=O) groups excluding carboxylic acids is 2. The molecular formula is C26H30ClN3O4S2. The van der Waals surface area contributed by atoms with E-state index >= 15 is 0 Å². The molecule has 36 heavy (non-hydrogen) atoms. The van der Waals surface area contributed by atoms with Gasteiger partial charge in [0.2, 0.25) is 15.9 Å². The van der Waals surface area contributed by atoms with Gasteiger partial charge in [-0.2, -0.15) is 0 Å². The molecular weight excluding hydrogens is 518 g/mol. The van der Waals surface area contributed by atoms with Gasteiger partial charge in [0.1, 0.15) is 5.54 Å². The van der Waals surface area contributed by atoms with Crippen molar-refractivity contribution in [1.82, 2.24) is 9.80 Å². The summed E-state index contributed by atoms with van der Waals surface area (Å²) >= 11 is 7.57. The third kappa shape index (κ3) is 5.16. The number of rotatable bonds is 9. The number of sulfonamides is 1. The van der Waals surface area contributed by atoms with E-state index in [9.17, 15) is 18.0 Å². The molecule has 1 aromatic heterocycles. The van der Waals surface area contributed by atoms with Crippen molar-refractivity contribution in [3.05, 3.63) is 70.1 Å².